The number of piperazine rings is 1. The molecule has 1 aliphatic rings. The van der Waals surface area contributed by atoms with Crippen molar-refractivity contribution in [2.75, 3.05) is 37.6 Å². The first-order valence-corrected chi connectivity index (χ1v) is 9.84. The van der Waals surface area contributed by atoms with Gasteiger partial charge in [0.2, 0.25) is 0 Å². The molecule has 0 saturated carbocycles. The molecular weight excluding hydrogens is 469 g/mol. The van der Waals surface area contributed by atoms with E-state index >= 15 is 0 Å². The topological polar surface area (TPSA) is 57.8 Å². The van der Waals surface area contributed by atoms with Crippen LogP contribution in [-0.4, -0.2) is 48.6 Å². The molecule has 0 unspecified atom stereocenters. The van der Waals surface area contributed by atoms with E-state index in [0.717, 1.165) is 44.3 Å². The van der Waals surface area contributed by atoms with Gasteiger partial charge in [0, 0.05) is 44.3 Å². The van der Waals surface area contributed by atoms with Gasteiger partial charge in [0.05, 0.1) is 0 Å². The fraction of sp³-hybridized carbons (Fsp3) is 0.300. The highest BCUT2D eigenvalue weighted by atomic mass is 127. The van der Waals surface area contributed by atoms with Gasteiger partial charge in [0.25, 0.3) is 0 Å². The third kappa shape index (κ3) is 4.90. The predicted octanol–water partition coefficient (Wildman–Crippen LogP) is 3.59. The van der Waals surface area contributed by atoms with E-state index in [-0.39, 0.29) is 24.0 Å². The molecule has 0 amide bonds. The van der Waals surface area contributed by atoms with Crippen molar-refractivity contribution in [2.24, 2.45) is 10.7 Å². The van der Waals surface area contributed by atoms with Crippen LogP contribution in [0.2, 0.25) is 0 Å². The van der Waals surface area contributed by atoms with Crippen LogP contribution in [0.5, 0.6) is 0 Å². The largest absolute Gasteiger partial charge is 0.370 e. The molecule has 0 radical (unpaired) electrons. The van der Waals surface area contributed by atoms with Crippen LogP contribution in [0.15, 0.2) is 59.0 Å². The summed E-state index contributed by atoms with van der Waals surface area (Å²) in [5.41, 5.74) is 7.51. The number of fused-ring (bicyclic) bond motifs is 1. The van der Waals surface area contributed by atoms with E-state index in [1.54, 1.807) is 11.3 Å². The highest BCUT2D eigenvalue weighted by Gasteiger charge is 2.19. The number of rotatable bonds is 4. The highest BCUT2D eigenvalue weighted by Crippen LogP contribution is 2.19. The number of aromatic nitrogens is 1. The Hall–Kier alpha value is -1.87. The molecule has 5 nitrogen and oxygen atoms in total. The molecule has 1 saturated heterocycles. The maximum atomic E-state index is 6.21. The fourth-order valence-electron chi connectivity index (χ4n) is 3.29. The molecule has 2 heterocycles. The SMILES string of the molecule is I.NC(=NCCc1ccc2ccccc2c1)N1CCN(c2nccs2)CC1. The van der Waals surface area contributed by atoms with E-state index in [1.165, 1.54) is 16.3 Å². The van der Waals surface area contributed by atoms with Crippen LogP contribution in [0.4, 0.5) is 5.13 Å². The summed E-state index contributed by atoms with van der Waals surface area (Å²) in [7, 11) is 0. The Kier molecular flexibility index (Phi) is 6.89. The number of nitrogens with two attached hydrogens (primary N) is 1. The van der Waals surface area contributed by atoms with Crippen LogP contribution in [0.25, 0.3) is 10.8 Å². The minimum atomic E-state index is 0. The first-order valence-electron chi connectivity index (χ1n) is 8.96. The van der Waals surface area contributed by atoms with Crippen molar-refractivity contribution in [1.82, 2.24) is 9.88 Å². The molecule has 27 heavy (non-hydrogen) atoms. The second-order valence-corrected chi connectivity index (χ2v) is 7.33. The Morgan fingerprint density at radius 1 is 1.07 bits per heavy atom. The van der Waals surface area contributed by atoms with Crippen LogP contribution in [0.1, 0.15) is 5.56 Å². The molecular formula is C20H24IN5S. The predicted molar refractivity (Wildman–Crippen MR) is 125 cm³/mol. The number of halogens is 1. The molecule has 0 atom stereocenters. The molecule has 7 heteroatoms. The second-order valence-electron chi connectivity index (χ2n) is 6.46. The summed E-state index contributed by atoms with van der Waals surface area (Å²) in [4.78, 5) is 13.5. The van der Waals surface area contributed by atoms with Crippen molar-refractivity contribution in [3.05, 3.63) is 59.6 Å². The summed E-state index contributed by atoms with van der Waals surface area (Å²) in [6.07, 6.45) is 2.76. The molecule has 2 N–H and O–H groups in total. The lowest BCUT2D eigenvalue weighted by molar-refractivity contribution is 0.380. The van der Waals surface area contributed by atoms with Crippen LogP contribution in [0.3, 0.4) is 0 Å². The average molecular weight is 493 g/mol. The highest BCUT2D eigenvalue weighted by molar-refractivity contribution is 14.0. The summed E-state index contributed by atoms with van der Waals surface area (Å²) in [6, 6.07) is 15.0. The summed E-state index contributed by atoms with van der Waals surface area (Å²) in [6.45, 7) is 4.38. The number of thiazole rings is 1. The zero-order valence-electron chi connectivity index (χ0n) is 15.1. The number of nitrogens with zero attached hydrogens (tertiary/aromatic N) is 4. The smallest absolute Gasteiger partial charge is 0.191 e. The normalized spacial score (nSPS) is 15.0. The van der Waals surface area contributed by atoms with Gasteiger partial charge in [0.1, 0.15) is 0 Å². The lowest BCUT2D eigenvalue weighted by Gasteiger charge is -2.35. The molecule has 1 aromatic heterocycles. The van der Waals surface area contributed by atoms with Crippen molar-refractivity contribution in [3.8, 4) is 0 Å². The van der Waals surface area contributed by atoms with Gasteiger partial charge in [-0.1, -0.05) is 42.5 Å². The Morgan fingerprint density at radius 2 is 1.85 bits per heavy atom. The Balaban J connectivity index is 0.00000210. The van der Waals surface area contributed by atoms with Gasteiger partial charge in [-0.25, -0.2) is 4.98 Å². The van der Waals surface area contributed by atoms with E-state index < -0.39 is 0 Å². The molecule has 4 rings (SSSR count). The fourth-order valence-corrected chi connectivity index (χ4v) is 3.99. The number of benzene rings is 2. The van der Waals surface area contributed by atoms with Crippen molar-refractivity contribution >= 4 is 57.2 Å². The maximum Gasteiger partial charge on any atom is 0.191 e. The minimum absolute atomic E-state index is 0. The number of aliphatic imine (C=N–C) groups is 1. The van der Waals surface area contributed by atoms with Gasteiger partial charge in [-0.2, -0.15) is 0 Å². The summed E-state index contributed by atoms with van der Waals surface area (Å²) in [5.74, 6) is 0.657. The van der Waals surface area contributed by atoms with Gasteiger partial charge in [-0.3, -0.25) is 4.99 Å². The summed E-state index contributed by atoms with van der Waals surface area (Å²) in [5, 5.41) is 5.67. The van der Waals surface area contributed by atoms with Gasteiger partial charge in [-0.05, 0) is 22.8 Å². The quantitative estimate of drug-likeness (QED) is 0.343. The van der Waals surface area contributed by atoms with E-state index in [0.29, 0.717) is 5.96 Å². The van der Waals surface area contributed by atoms with E-state index in [9.17, 15) is 0 Å². The van der Waals surface area contributed by atoms with Crippen molar-refractivity contribution in [3.63, 3.8) is 0 Å². The Morgan fingerprint density at radius 3 is 2.59 bits per heavy atom. The first-order chi connectivity index (χ1) is 12.8. The Labute approximate surface area is 180 Å². The summed E-state index contributed by atoms with van der Waals surface area (Å²) < 4.78 is 0. The maximum absolute atomic E-state index is 6.21. The van der Waals surface area contributed by atoms with Crippen LogP contribution in [-0.2, 0) is 6.42 Å². The number of anilines is 1. The molecule has 0 bridgehead atoms. The van der Waals surface area contributed by atoms with E-state index in [1.807, 2.05) is 11.6 Å². The molecule has 2 aromatic carbocycles. The molecule has 1 fully saturated rings. The molecule has 3 aromatic rings. The third-order valence-corrected chi connectivity index (χ3v) is 5.61. The first kappa shape index (κ1) is 19.9. The van der Waals surface area contributed by atoms with Crippen LogP contribution >= 0.6 is 35.3 Å². The molecule has 0 aliphatic carbocycles. The number of guanidine groups is 1. The van der Waals surface area contributed by atoms with Gasteiger partial charge >= 0.3 is 0 Å². The van der Waals surface area contributed by atoms with E-state index in [4.69, 9.17) is 5.73 Å². The average Bonchev–Trinajstić information content (AvgIpc) is 3.23. The van der Waals surface area contributed by atoms with Gasteiger partial charge in [-0.15, -0.1) is 35.3 Å². The summed E-state index contributed by atoms with van der Waals surface area (Å²) >= 11 is 1.69. The van der Waals surface area contributed by atoms with Gasteiger partial charge < -0.3 is 15.5 Å². The van der Waals surface area contributed by atoms with Crippen molar-refractivity contribution < 1.29 is 0 Å². The van der Waals surface area contributed by atoms with Gasteiger partial charge in [0.15, 0.2) is 11.1 Å². The minimum Gasteiger partial charge on any atom is -0.370 e. The molecule has 142 valence electrons. The van der Waals surface area contributed by atoms with Crippen LogP contribution in [0, 0.1) is 0 Å². The zero-order valence-corrected chi connectivity index (χ0v) is 18.3. The monoisotopic (exact) mass is 493 g/mol. The van der Waals surface area contributed by atoms with E-state index in [2.05, 4.69) is 62.2 Å². The Bertz CT molecular complexity index is 888. The zero-order chi connectivity index (χ0) is 17.8. The number of hydrogen-bond donors (Lipinski definition) is 1. The lowest BCUT2D eigenvalue weighted by atomic mass is 10.1. The standard InChI is InChI=1S/C20H23N5S.HI/c21-19(24-10-12-25(13-11-24)20-23-9-14-26-20)22-8-7-16-5-6-17-3-1-2-4-18(17)15-16;/h1-6,9,14-15H,7-8,10-13H2,(H2,21,22);1H. The van der Waals surface area contributed by atoms with Crippen molar-refractivity contribution in [2.45, 2.75) is 6.42 Å². The second kappa shape index (κ2) is 9.36. The number of hydrogen-bond acceptors (Lipinski definition) is 4. The lowest BCUT2D eigenvalue weighted by Crippen LogP contribution is -2.51. The third-order valence-electron chi connectivity index (χ3n) is 4.78. The van der Waals surface area contributed by atoms with Crippen LogP contribution < -0.4 is 10.6 Å². The molecule has 0 spiro atoms. The van der Waals surface area contributed by atoms with Crippen molar-refractivity contribution in [1.29, 1.82) is 0 Å². The molecule has 1 aliphatic heterocycles.